The van der Waals surface area contributed by atoms with Crippen molar-refractivity contribution >= 4 is 36.0 Å². The molecule has 1 aromatic heterocycles. The van der Waals surface area contributed by atoms with Gasteiger partial charge in [0, 0.05) is 5.69 Å². The average molecular weight is 386 g/mol. The van der Waals surface area contributed by atoms with Gasteiger partial charge in [-0.2, -0.15) is 11.3 Å². The molecule has 27 heavy (non-hydrogen) atoms. The normalized spacial score (nSPS) is 11.5. The molecule has 0 aliphatic rings. The van der Waals surface area contributed by atoms with Crippen LogP contribution in [0.5, 0.6) is 0 Å². The van der Waals surface area contributed by atoms with Crippen LogP contribution in [0.2, 0.25) is 0 Å². The molecule has 0 bridgehead atoms. The predicted octanol–water partition coefficient (Wildman–Crippen LogP) is 1.57. The Kier molecular flexibility index (Phi) is 7.78. The molecule has 0 saturated carbocycles. The first-order valence-corrected chi connectivity index (χ1v) is 9.58. The molecule has 1 unspecified atom stereocenters. The SMILES string of the molecule is C=CC(=O)N(CC(=O)NC(Cc1ccsc1)B(O)O)c1ccc(CC)cc1. The zero-order chi connectivity index (χ0) is 19.8. The van der Waals surface area contributed by atoms with E-state index in [1.165, 1.54) is 16.2 Å². The first-order valence-electron chi connectivity index (χ1n) is 8.64. The molecule has 142 valence electrons. The largest absolute Gasteiger partial charge is 0.475 e. The molecule has 2 aromatic rings. The van der Waals surface area contributed by atoms with Gasteiger partial charge in [0.05, 0.1) is 5.94 Å². The molecular weight excluding hydrogens is 363 g/mol. The second-order valence-electron chi connectivity index (χ2n) is 6.07. The quantitative estimate of drug-likeness (QED) is 0.451. The number of nitrogens with one attached hydrogen (secondary N) is 1. The highest BCUT2D eigenvalue weighted by atomic mass is 32.1. The molecule has 8 heteroatoms. The molecule has 0 aliphatic carbocycles. The molecule has 2 rings (SSSR count). The molecule has 3 N–H and O–H groups in total. The Morgan fingerprint density at radius 3 is 2.48 bits per heavy atom. The number of hydrogen-bond acceptors (Lipinski definition) is 5. The third kappa shape index (κ3) is 6.06. The molecule has 1 aromatic carbocycles. The molecule has 0 aliphatic heterocycles. The second-order valence-corrected chi connectivity index (χ2v) is 6.85. The van der Waals surface area contributed by atoms with Crippen LogP contribution in [0.1, 0.15) is 18.1 Å². The van der Waals surface area contributed by atoms with Crippen molar-refractivity contribution in [3.8, 4) is 0 Å². The van der Waals surface area contributed by atoms with Crippen molar-refractivity contribution in [2.45, 2.75) is 25.7 Å². The highest BCUT2D eigenvalue weighted by Gasteiger charge is 2.27. The number of carbonyl (C=O) groups is 2. The summed E-state index contributed by atoms with van der Waals surface area (Å²) < 4.78 is 0. The fourth-order valence-corrected chi connectivity index (χ4v) is 3.29. The number of anilines is 1. The van der Waals surface area contributed by atoms with Crippen molar-refractivity contribution < 1.29 is 19.6 Å². The lowest BCUT2D eigenvalue weighted by molar-refractivity contribution is -0.122. The Balaban J connectivity index is 2.09. The van der Waals surface area contributed by atoms with Crippen molar-refractivity contribution in [1.29, 1.82) is 0 Å². The summed E-state index contributed by atoms with van der Waals surface area (Å²) in [6.07, 6.45) is 2.30. The van der Waals surface area contributed by atoms with Crippen LogP contribution >= 0.6 is 11.3 Å². The highest BCUT2D eigenvalue weighted by molar-refractivity contribution is 7.07. The topological polar surface area (TPSA) is 89.9 Å². The Hall–Kier alpha value is -2.42. The van der Waals surface area contributed by atoms with Crippen LogP contribution in [0.3, 0.4) is 0 Å². The number of nitrogens with zero attached hydrogens (tertiary/aromatic N) is 1. The van der Waals surface area contributed by atoms with Gasteiger partial charge in [0.25, 0.3) is 5.91 Å². The number of carbonyl (C=O) groups excluding carboxylic acids is 2. The van der Waals surface area contributed by atoms with Crippen LogP contribution in [0.25, 0.3) is 0 Å². The zero-order valence-corrected chi connectivity index (χ0v) is 16.0. The number of rotatable bonds is 9. The number of amides is 2. The molecule has 6 nitrogen and oxygen atoms in total. The highest BCUT2D eigenvalue weighted by Crippen LogP contribution is 2.16. The maximum absolute atomic E-state index is 12.5. The zero-order valence-electron chi connectivity index (χ0n) is 15.2. The number of benzene rings is 1. The van der Waals surface area contributed by atoms with E-state index in [0.29, 0.717) is 5.69 Å². The standard InChI is InChI=1S/C19H23BN2O4S/c1-3-14-5-7-16(8-6-14)22(19(24)4-2)12-18(23)21-17(20(25)26)11-15-9-10-27-13-15/h4-10,13,17,25-26H,2-3,11-12H2,1H3,(H,21,23). The van der Waals surface area contributed by atoms with Crippen molar-refractivity contribution in [2.24, 2.45) is 0 Å². The smallest absolute Gasteiger partial charge is 0.426 e. The molecule has 1 heterocycles. The molecule has 1 atom stereocenters. The van der Waals surface area contributed by atoms with Gasteiger partial charge in [0.1, 0.15) is 6.54 Å². The molecule has 0 saturated heterocycles. The Morgan fingerprint density at radius 2 is 1.96 bits per heavy atom. The number of thiophene rings is 1. The van der Waals surface area contributed by atoms with Crippen LogP contribution in [0.15, 0.2) is 53.7 Å². The fraction of sp³-hybridized carbons (Fsp3) is 0.263. The third-order valence-electron chi connectivity index (χ3n) is 4.14. The summed E-state index contributed by atoms with van der Waals surface area (Å²) in [7, 11) is -1.71. The Morgan fingerprint density at radius 1 is 1.26 bits per heavy atom. The van der Waals surface area contributed by atoms with Gasteiger partial charge < -0.3 is 15.4 Å². The second kappa shape index (κ2) is 10.1. The Labute approximate surface area is 163 Å². The van der Waals surface area contributed by atoms with E-state index in [1.807, 2.05) is 35.9 Å². The summed E-state index contributed by atoms with van der Waals surface area (Å²) in [6, 6.07) is 9.20. The van der Waals surface area contributed by atoms with Gasteiger partial charge in [-0.1, -0.05) is 25.6 Å². The lowest BCUT2D eigenvalue weighted by atomic mass is 9.76. The van der Waals surface area contributed by atoms with E-state index in [0.717, 1.165) is 23.6 Å². The van der Waals surface area contributed by atoms with Crippen LogP contribution in [0.4, 0.5) is 5.69 Å². The fourth-order valence-electron chi connectivity index (χ4n) is 2.61. The molecule has 2 amide bonds. The van der Waals surface area contributed by atoms with Crippen molar-refractivity contribution in [2.75, 3.05) is 11.4 Å². The summed E-state index contributed by atoms with van der Waals surface area (Å²) in [6.45, 7) is 5.27. The number of aryl methyl sites for hydroxylation is 1. The summed E-state index contributed by atoms with van der Waals surface area (Å²) in [4.78, 5) is 26.0. The minimum atomic E-state index is -1.71. The summed E-state index contributed by atoms with van der Waals surface area (Å²) in [5.41, 5.74) is 2.59. The third-order valence-corrected chi connectivity index (χ3v) is 4.87. The predicted molar refractivity (Wildman–Crippen MR) is 109 cm³/mol. The van der Waals surface area contributed by atoms with E-state index < -0.39 is 24.9 Å². The van der Waals surface area contributed by atoms with E-state index in [2.05, 4.69) is 11.9 Å². The minimum absolute atomic E-state index is 0.247. The van der Waals surface area contributed by atoms with Crippen LogP contribution in [-0.2, 0) is 22.4 Å². The maximum atomic E-state index is 12.5. The van der Waals surface area contributed by atoms with E-state index in [4.69, 9.17) is 0 Å². The minimum Gasteiger partial charge on any atom is -0.426 e. The van der Waals surface area contributed by atoms with E-state index >= 15 is 0 Å². The van der Waals surface area contributed by atoms with E-state index in [9.17, 15) is 19.6 Å². The molecule has 0 spiro atoms. The summed E-state index contributed by atoms with van der Waals surface area (Å²) >= 11 is 1.49. The molecular formula is C19H23BN2O4S. The van der Waals surface area contributed by atoms with Crippen LogP contribution in [-0.4, -0.2) is 41.5 Å². The molecule has 0 radical (unpaired) electrons. The van der Waals surface area contributed by atoms with Gasteiger partial charge in [-0.05, 0) is 59.0 Å². The van der Waals surface area contributed by atoms with Crippen LogP contribution < -0.4 is 10.2 Å². The first-order chi connectivity index (χ1) is 12.9. The van der Waals surface area contributed by atoms with E-state index in [-0.39, 0.29) is 13.0 Å². The lowest BCUT2D eigenvalue weighted by Crippen LogP contribution is -2.51. The summed E-state index contributed by atoms with van der Waals surface area (Å²) in [5.74, 6) is -1.76. The monoisotopic (exact) mass is 386 g/mol. The van der Waals surface area contributed by atoms with Gasteiger partial charge in [-0.25, -0.2) is 0 Å². The van der Waals surface area contributed by atoms with Crippen LogP contribution in [0, 0.1) is 0 Å². The van der Waals surface area contributed by atoms with Gasteiger partial charge in [0.15, 0.2) is 0 Å². The van der Waals surface area contributed by atoms with Crippen molar-refractivity contribution in [1.82, 2.24) is 5.32 Å². The van der Waals surface area contributed by atoms with E-state index in [1.54, 1.807) is 12.1 Å². The molecule has 0 fully saturated rings. The lowest BCUT2D eigenvalue weighted by Gasteiger charge is -2.23. The van der Waals surface area contributed by atoms with Gasteiger partial charge in [0.2, 0.25) is 5.91 Å². The maximum Gasteiger partial charge on any atom is 0.475 e. The Bertz CT molecular complexity index is 763. The van der Waals surface area contributed by atoms with Gasteiger partial charge in [-0.15, -0.1) is 0 Å². The summed E-state index contributed by atoms with van der Waals surface area (Å²) in [5, 5.41) is 25.5. The van der Waals surface area contributed by atoms with Crippen molar-refractivity contribution in [3.63, 3.8) is 0 Å². The van der Waals surface area contributed by atoms with Gasteiger partial charge >= 0.3 is 7.12 Å². The average Bonchev–Trinajstić information content (AvgIpc) is 3.18. The van der Waals surface area contributed by atoms with Gasteiger partial charge in [-0.3, -0.25) is 14.5 Å². The first kappa shape index (κ1) is 20.9. The van der Waals surface area contributed by atoms with Crippen molar-refractivity contribution in [3.05, 3.63) is 64.9 Å². The number of hydrogen-bond donors (Lipinski definition) is 3.